The van der Waals surface area contributed by atoms with Crippen molar-refractivity contribution in [2.24, 2.45) is 5.92 Å². The van der Waals surface area contributed by atoms with Crippen molar-refractivity contribution in [3.63, 3.8) is 0 Å². The zero-order chi connectivity index (χ0) is 14.0. The Bertz CT molecular complexity index is 541. The van der Waals surface area contributed by atoms with Gasteiger partial charge in [0.1, 0.15) is 0 Å². The van der Waals surface area contributed by atoms with E-state index in [-0.39, 0.29) is 0 Å². The Morgan fingerprint density at radius 3 is 2.79 bits per heavy atom. The lowest BCUT2D eigenvalue weighted by atomic mass is 10.0. The summed E-state index contributed by atoms with van der Waals surface area (Å²) in [5, 5.41) is 5.82. The van der Waals surface area contributed by atoms with E-state index in [0.29, 0.717) is 6.04 Å². The fourth-order valence-corrected chi connectivity index (χ4v) is 3.43. The summed E-state index contributed by atoms with van der Waals surface area (Å²) < 4.78 is 2.28. The van der Waals surface area contributed by atoms with E-state index in [9.17, 15) is 0 Å². The number of nitrogens with zero attached hydrogens (tertiary/aromatic N) is 2. The van der Waals surface area contributed by atoms with Crippen molar-refractivity contribution in [1.82, 2.24) is 14.7 Å². The first-order valence-electron chi connectivity index (χ1n) is 7.18. The van der Waals surface area contributed by atoms with Gasteiger partial charge in [-0.15, -0.1) is 11.3 Å². The molecule has 19 heavy (non-hydrogen) atoms. The van der Waals surface area contributed by atoms with Crippen LogP contribution < -0.4 is 5.32 Å². The quantitative estimate of drug-likeness (QED) is 0.868. The Morgan fingerprint density at radius 1 is 1.37 bits per heavy atom. The molecular formula is C15H25N3S. The molecule has 4 heteroatoms. The van der Waals surface area contributed by atoms with E-state index in [4.69, 9.17) is 0 Å². The summed E-state index contributed by atoms with van der Waals surface area (Å²) in [6.07, 6.45) is 2.49. The lowest BCUT2D eigenvalue weighted by Crippen LogP contribution is -2.28. The minimum Gasteiger partial charge on any atom is -0.309 e. The second-order valence-corrected chi connectivity index (χ2v) is 6.51. The lowest BCUT2D eigenvalue weighted by molar-refractivity contribution is 0.410. The largest absolute Gasteiger partial charge is 0.309 e. The van der Waals surface area contributed by atoms with Crippen LogP contribution >= 0.6 is 11.3 Å². The Hall–Kier alpha value is -0.870. The zero-order valence-corrected chi connectivity index (χ0v) is 13.5. The van der Waals surface area contributed by atoms with Gasteiger partial charge < -0.3 is 5.32 Å². The summed E-state index contributed by atoms with van der Waals surface area (Å²) in [4.78, 5) is 5.74. The van der Waals surface area contributed by atoms with Crippen LogP contribution in [0.1, 0.15) is 50.7 Å². The summed E-state index contributed by atoms with van der Waals surface area (Å²) in [5.41, 5.74) is 3.75. The van der Waals surface area contributed by atoms with Crippen molar-refractivity contribution in [2.75, 3.05) is 0 Å². The zero-order valence-electron chi connectivity index (χ0n) is 12.7. The predicted molar refractivity (Wildman–Crippen MR) is 82.9 cm³/mol. The van der Waals surface area contributed by atoms with Crippen molar-refractivity contribution in [1.29, 1.82) is 0 Å². The molecule has 0 aromatic carbocycles. The Kier molecular flexibility index (Phi) is 4.63. The smallest absolute Gasteiger partial charge is 0.194 e. The Balaban J connectivity index is 2.05. The number of fused-ring (bicyclic) bond motifs is 1. The number of hydrogen-bond acceptors (Lipinski definition) is 3. The van der Waals surface area contributed by atoms with Gasteiger partial charge in [0.05, 0.1) is 11.4 Å². The van der Waals surface area contributed by atoms with Crippen LogP contribution in [-0.2, 0) is 6.54 Å². The van der Waals surface area contributed by atoms with Crippen molar-refractivity contribution < 1.29 is 0 Å². The molecule has 2 aromatic rings. The predicted octanol–water partition coefficient (Wildman–Crippen LogP) is 3.93. The lowest BCUT2D eigenvalue weighted by Gasteiger charge is -2.17. The Labute approximate surface area is 120 Å². The normalized spacial score (nSPS) is 15.0. The number of aryl methyl sites for hydroxylation is 2. The van der Waals surface area contributed by atoms with Crippen LogP contribution in [0.15, 0.2) is 5.38 Å². The third kappa shape index (κ3) is 3.18. The average molecular weight is 279 g/mol. The second kappa shape index (κ2) is 6.06. The van der Waals surface area contributed by atoms with E-state index in [1.807, 2.05) is 0 Å². The molecule has 106 valence electrons. The van der Waals surface area contributed by atoms with Gasteiger partial charge in [0.25, 0.3) is 0 Å². The topological polar surface area (TPSA) is 29.3 Å². The van der Waals surface area contributed by atoms with Crippen LogP contribution in [0, 0.1) is 19.8 Å². The maximum Gasteiger partial charge on any atom is 0.194 e. The molecule has 0 saturated heterocycles. The highest BCUT2D eigenvalue weighted by atomic mass is 32.1. The molecule has 0 aliphatic heterocycles. The summed E-state index contributed by atoms with van der Waals surface area (Å²) in [6.45, 7) is 12.0. The van der Waals surface area contributed by atoms with Gasteiger partial charge in [0.2, 0.25) is 0 Å². The molecule has 2 rings (SSSR count). The highest BCUT2D eigenvalue weighted by molar-refractivity contribution is 7.15. The van der Waals surface area contributed by atoms with Gasteiger partial charge in [-0.1, -0.05) is 20.3 Å². The van der Waals surface area contributed by atoms with Gasteiger partial charge in [-0.2, -0.15) is 0 Å². The number of rotatable bonds is 6. The third-order valence-corrected chi connectivity index (χ3v) is 4.84. The highest BCUT2D eigenvalue weighted by Crippen LogP contribution is 2.20. The molecule has 0 saturated carbocycles. The number of nitrogens with one attached hydrogen (secondary N) is 1. The van der Waals surface area contributed by atoms with Gasteiger partial charge in [-0.3, -0.25) is 4.40 Å². The van der Waals surface area contributed by atoms with Crippen LogP contribution in [0.5, 0.6) is 0 Å². The first kappa shape index (κ1) is 14.5. The van der Waals surface area contributed by atoms with Gasteiger partial charge in [0, 0.05) is 23.7 Å². The number of imidazole rings is 1. The number of hydrogen-bond donors (Lipinski definition) is 1. The molecule has 2 atom stereocenters. The van der Waals surface area contributed by atoms with Crippen molar-refractivity contribution in [3.8, 4) is 0 Å². The molecule has 0 aliphatic carbocycles. The fourth-order valence-electron chi connectivity index (χ4n) is 2.50. The molecule has 0 fully saturated rings. The molecule has 0 amide bonds. The van der Waals surface area contributed by atoms with E-state index in [1.165, 1.54) is 24.2 Å². The Morgan fingerprint density at radius 2 is 2.11 bits per heavy atom. The molecular weight excluding hydrogens is 254 g/mol. The van der Waals surface area contributed by atoms with Crippen LogP contribution in [0.3, 0.4) is 0 Å². The second-order valence-electron chi connectivity index (χ2n) is 5.67. The molecule has 3 nitrogen and oxygen atoms in total. The fraction of sp³-hybridized carbons (Fsp3) is 0.667. The highest BCUT2D eigenvalue weighted by Gasteiger charge is 2.13. The van der Waals surface area contributed by atoms with E-state index in [0.717, 1.165) is 23.1 Å². The van der Waals surface area contributed by atoms with E-state index >= 15 is 0 Å². The molecule has 1 N–H and O–H groups in total. The number of aromatic nitrogens is 2. The van der Waals surface area contributed by atoms with E-state index in [1.54, 1.807) is 11.3 Å². The van der Waals surface area contributed by atoms with E-state index in [2.05, 4.69) is 54.7 Å². The van der Waals surface area contributed by atoms with Crippen molar-refractivity contribution >= 4 is 16.3 Å². The SMILES string of the molecule is CCC(C)CC(C)NCc1c(C)nc2scc(C)n12. The minimum atomic E-state index is 0.554. The van der Waals surface area contributed by atoms with Crippen molar-refractivity contribution in [2.45, 2.75) is 60.0 Å². The summed E-state index contributed by atoms with van der Waals surface area (Å²) in [7, 11) is 0. The standard InChI is InChI=1S/C15H25N3S/c1-6-10(2)7-11(3)16-8-14-13(5)17-15-18(14)12(4)9-19-15/h9-11,16H,6-8H2,1-5H3. The van der Waals surface area contributed by atoms with Crippen LogP contribution in [0.4, 0.5) is 0 Å². The van der Waals surface area contributed by atoms with Gasteiger partial charge in [-0.25, -0.2) is 4.98 Å². The van der Waals surface area contributed by atoms with E-state index < -0.39 is 0 Å². The summed E-state index contributed by atoms with van der Waals surface area (Å²) >= 11 is 1.72. The van der Waals surface area contributed by atoms with Crippen molar-refractivity contribution in [3.05, 3.63) is 22.5 Å². The van der Waals surface area contributed by atoms with Gasteiger partial charge in [-0.05, 0) is 33.1 Å². The molecule has 0 aliphatic rings. The molecule has 2 unspecified atom stereocenters. The monoisotopic (exact) mass is 279 g/mol. The van der Waals surface area contributed by atoms with Crippen LogP contribution in [0.2, 0.25) is 0 Å². The van der Waals surface area contributed by atoms with Gasteiger partial charge in [0.15, 0.2) is 4.96 Å². The first-order valence-corrected chi connectivity index (χ1v) is 8.06. The van der Waals surface area contributed by atoms with Crippen LogP contribution in [-0.4, -0.2) is 15.4 Å². The maximum absolute atomic E-state index is 4.63. The first-order chi connectivity index (χ1) is 9.02. The maximum atomic E-state index is 4.63. The van der Waals surface area contributed by atoms with Crippen LogP contribution in [0.25, 0.3) is 4.96 Å². The molecule has 2 aromatic heterocycles. The summed E-state index contributed by atoms with van der Waals surface area (Å²) in [5.74, 6) is 0.789. The third-order valence-electron chi connectivity index (χ3n) is 3.90. The average Bonchev–Trinajstić information content (AvgIpc) is 2.87. The molecule has 0 bridgehead atoms. The molecule has 0 radical (unpaired) electrons. The molecule has 0 spiro atoms. The minimum absolute atomic E-state index is 0.554. The van der Waals surface area contributed by atoms with Gasteiger partial charge >= 0.3 is 0 Å². The summed E-state index contributed by atoms with van der Waals surface area (Å²) in [6, 6.07) is 0.554. The molecule has 2 heterocycles. The number of thiazole rings is 1.